The Bertz CT molecular complexity index is 1350. The van der Waals surface area contributed by atoms with Crippen molar-refractivity contribution in [1.29, 1.82) is 5.41 Å². The second-order valence-electron chi connectivity index (χ2n) is 7.05. The van der Waals surface area contributed by atoms with Gasteiger partial charge >= 0.3 is 6.18 Å². The van der Waals surface area contributed by atoms with Gasteiger partial charge in [-0.25, -0.2) is 9.97 Å². The quantitative estimate of drug-likeness (QED) is 0.406. The number of nitrogens with one attached hydrogen (secondary N) is 2. The molecule has 0 saturated carbocycles. The number of hydrogen-bond acceptors (Lipinski definition) is 6. The first-order valence-corrected chi connectivity index (χ1v) is 10.7. The highest BCUT2D eigenvalue weighted by Crippen LogP contribution is 2.36. The highest BCUT2D eigenvalue weighted by Gasteiger charge is 2.32. The average Bonchev–Trinajstić information content (AvgIpc) is 3.23. The first-order valence-electron chi connectivity index (χ1n) is 9.85. The Labute approximate surface area is 191 Å². The monoisotopic (exact) mass is 475 g/mol. The molecule has 2 heterocycles. The molecule has 2 aromatic carbocycles. The summed E-state index contributed by atoms with van der Waals surface area (Å²) in [5, 5.41) is 8.60. The second kappa shape index (κ2) is 9.18. The highest BCUT2D eigenvalue weighted by atomic mass is 32.2. The lowest BCUT2D eigenvalue weighted by atomic mass is 10.0. The number of hydrogen-bond donors (Lipinski definition) is 2. The molecule has 0 saturated heterocycles. The molecule has 172 valence electrons. The van der Waals surface area contributed by atoms with E-state index in [0.29, 0.717) is 27.8 Å². The van der Waals surface area contributed by atoms with Crippen LogP contribution in [0.15, 0.2) is 58.8 Å². The van der Waals surface area contributed by atoms with Gasteiger partial charge in [0.1, 0.15) is 17.0 Å². The van der Waals surface area contributed by atoms with E-state index in [1.165, 1.54) is 30.2 Å². The molecule has 2 aromatic heterocycles. The van der Waals surface area contributed by atoms with Crippen LogP contribution in [0.2, 0.25) is 0 Å². The van der Waals surface area contributed by atoms with Gasteiger partial charge in [0.2, 0.25) is 0 Å². The van der Waals surface area contributed by atoms with E-state index in [0.717, 1.165) is 11.0 Å². The molecule has 4 rings (SSSR count). The number of ether oxygens (including phenoxy) is 2. The molecule has 0 unspecified atom stereocenters. The fourth-order valence-corrected chi connectivity index (χ4v) is 4.32. The molecular formula is C22H20F3N5O2S. The van der Waals surface area contributed by atoms with Gasteiger partial charge < -0.3 is 19.0 Å². The molecule has 0 spiro atoms. The van der Waals surface area contributed by atoms with E-state index in [4.69, 9.17) is 14.9 Å². The third kappa shape index (κ3) is 4.82. The topological polar surface area (TPSA) is 88.8 Å². The van der Waals surface area contributed by atoms with Crippen LogP contribution in [0.5, 0.6) is 11.5 Å². The molecule has 0 fully saturated rings. The summed E-state index contributed by atoms with van der Waals surface area (Å²) in [6, 6.07) is 10.9. The van der Waals surface area contributed by atoms with Gasteiger partial charge in [0, 0.05) is 6.54 Å². The molecule has 0 bridgehead atoms. The van der Waals surface area contributed by atoms with Crippen molar-refractivity contribution in [2.75, 3.05) is 14.2 Å². The normalized spacial score (nSPS) is 11.7. The number of imidazole rings is 1. The van der Waals surface area contributed by atoms with Gasteiger partial charge in [0.25, 0.3) is 0 Å². The van der Waals surface area contributed by atoms with Crippen LogP contribution in [0.1, 0.15) is 11.1 Å². The van der Waals surface area contributed by atoms with Gasteiger partial charge in [-0.2, -0.15) is 13.2 Å². The maximum Gasteiger partial charge on any atom is 0.416 e. The number of aromatic amines is 1. The zero-order chi connectivity index (χ0) is 23.6. The summed E-state index contributed by atoms with van der Waals surface area (Å²) in [5.74, 6) is 1.28. The Morgan fingerprint density at radius 2 is 1.91 bits per heavy atom. The lowest BCUT2D eigenvalue weighted by molar-refractivity contribution is -0.138. The van der Waals surface area contributed by atoms with E-state index < -0.39 is 11.7 Å². The Kier molecular flexibility index (Phi) is 6.32. The first kappa shape index (κ1) is 22.7. The van der Waals surface area contributed by atoms with Crippen molar-refractivity contribution in [3.05, 3.63) is 65.4 Å². The van der Waals surface area contributed by atoms with Crippen LogP contribution in [0.25, 0.3) is 11.2 Å². The van der Waals surface area contributed by atoms with Crippen molar-refractivity contribution in [3.63, 3.8) is 0 Å². The minimum Gasteiger partial charge on any atom is -0.497 e. The largest absolute Gasteiger partial charge is 0.497 e. The van der Waals surface area contributed by atoms with E-state index in [2.05, 4.69) is 15.0 Å². The molecule has 0 aliphatic heterocycles. The van der Waals surface area contributed by atoms with Crippen LogP contribution >= 0.6 is 11.8 Å². The van der Waals surface area contributed by atoms with Crippen molar-refractivity contribution in [1.82, 2.24) is 19.5 Å². The predicted octanol–water partition coefficient (Wildman–Crippen LogP) is 4.67. The molecule has 11 heteroatoms. The molecule has 0 atom stereocenters. The van der Waals surface area contributed by atoms with E-state index >= 15 is 0 Å². The number of benzene rings is 2. The van der Waals surface area contributed by atoms with Gasteiger partial charge in [-0.1, -0.05) is 18.2 Å². The minimum atomic E-state index is -4.42. The lowest BCUT2D eigenvalue weighted by Crippen LogP contribution is -2.15. The Morgan fingerprint density at radius 3 is 2.64 bits per heavy atom. The molecule has 0 aliphatic rings. The molecule has 4 aromatic rings. The van der Waals surface area contributed by atoms with Gasteiger partial charge in [-0.3, -0.25) is 5.41 Å². The standard InChI is InChI=1S/C22H20F3N5O2S/c1-31-14-7-8-16(32-2)17(11-14)33-21-28-18-19(26)27-12-30(20(18)29-21)10-9-13-5-3-4-6-15(13)22(23,24)25/h3-8,11-12,26H,9-10H2,1-2H3,(H,28,29). The maximum absolute atomic E-state index is 13.3. The van der Waals surface area contributed by atoms with E-state index in [9.17, 15) is 13.2 Å². The predicted molar refractivity (Wildman–Crippen MR) is 117 cm³/mol. The number of aromatic nitrogens is 4. The van der Waals surface area contributed by atoms with Crippen molar-refractivity contribution in [2.24, 2.45) is 0 Å². The summed E-state index contributed by atoms with van der Waals surface area (Å²) in [5.41, 5.74) is 0.353. The van der Waals surface area contributed by atoms with Crippen LogP contribution in [-0.4, -0.2) is 33.7 Å². The Morgan fingerprint density at radius 1 is 1.12 bits per heavy atom. The molecule has 0 aliphatic carbocycles. The number of fused-ring (bicyclic) bond motifs is 1. The third-order valence-electron chi connectivity index (χ3n) is 5.02. The van der Waals surface area contributed by atoms with Crippen molar-refractivity contribution in [3.8, 4) is 11.5 Å². The average molecular weight is 475 g/mol. The number of methoxy groups -OCH3 is 2. The van der Waals surface area contributed by atoms with E-state index in [-0.39, 0.29) is 24.0 Å². The van der Waals surface area contributed by atoms with Gasteiger partial charge in [-0.05, 0) is 48.0 Å². The number of rotatable bonds is 7. The summed E-state index contributed by atoms with van der Waals surface area (Å²) < 4.78 is 52.3. The SMILES string of the molecule is COc1ccc(OC)c(Sc2nc3c([nH]2)c(=N)ncn3CCc2ccccc2C(F)(F)F)c1. The summed E-state index contributed by atoms with van der Waals surface area (Å²) in [4.78, 5) is 12.5. The van der Waals surface area contributed by atoms with Crippen molar-refractivity contribution in [2.45, 2.75) is 29.2 Å². The van der Waals surface area contributed by atoms with Crippen LogP contribution in [0, 0.1) is 5.41 Å². The number of halogens is 3. The fourth-order valence-electron chi connectivity index (χ4n) is 3.40. The Balaban J connectivity index is 1.65. The number of nitrogens with zero attached hydrogens (tertiary/aromatic N) is 3. The summed E-state index contributed by atoms with van der Waals surface area (Å²) in [7, 11) is 3.12. The molecule has 33 heavy (non-hydrogen) atoms. The smallest absolute Gasteiger partial charge is 0.416 e. The second-order valence-corrected chi connectivity index (χ2v) is 8.08. The fraction of sp³-hybridized carbons (Fsp3) is 0.227. The molecule has 7 nitrogen and oxygen atoms in total. The number of alkyl halides is 3. The van der Waals surface area contributed by atoms with Crippen molar-refractivity contribution < 1.29 is 22.6 Å². The van der Waals surface area contributed by atoms with Gasteiger partial charge in [0.05, 0.1) is 31.0 Å². The molecular weight excluding hydrogens is 455 g/mol. The zero-order valence-electron chi connectivity index (χ0n) is 17.7. The van der Waals surface area contributed by atoms with E-state index in [1.54, 1.807) is 43.1 Å². The van der Waals surface area contributed by atoms with Crippen molar-refractivity contribution >= 4 is 22.9 Å². The highest BCUT2D eigenvalue weighted by molar-refractivity contribution is 7.99. The van der Waals surface area contributed by atoms with Crippen LogP contribution in [0.3, 0.4) is 0 Å². The van der Waals surface area contributed by atoms with Gasteiger partial charge in [0.15, 0.2) is 16.3 Å². The van der Waals surface area contributed by atoms with Crippen LogP contribution in [-0.2, 0) is 19.1 Å². The van der Waals surface area contributed by atoms with Gasteiger partial charge in [-0.15, -0.1) is 0 Å². The summed E-state index contributed by atoms with van der Waals surface area (Å²) >= 11 is 1.29. The maximum atomic E-state index is 13.3. The lowest BCUT2D eigenvalue weighted by Gasteiger charge is -2.13. The Hall–Kier alpha value is -3.47. The third-order valence-corrected chi connectivity index (χ3v) is 5.95. The van der Waals surface area contributed by atoms with Crippen LogP contribution < -0.4 is 15.0 Å². The number of aryl methyl sites for hydroxylation is 2. The summed E-state index contributed by atoms with van der Waals surface area (Å²) in [6.07, 6.45) is -2.87. The minimum absolute atomic E-state index is 0.00565. The molecule has 0 radical (unpaired) electrons. The molecule has 0 amide bonds. The number of H-pyrrole nitrogens is 1. The zero-order valence-corrected chi connectivity index (χ0v) is 18.5. The first-order chi connectivity index (χ1) is 15.8. The molecule has 2 N–H and O–H groups in total. The van der Waals surface area contributed by atoms with E-state index in [1.807, 2.05) is 0 Å². The summed E-state index contributed by atoms with van der Waals surface area (Å²) in [6.45, 7) is 0.217. The van der Waals surface area contributed by atoms with Crippen LogP contribution in [0.4, 0.5) is 13.2 Å².